The second kappa shape index (κ2) is 10.6. The summed E-state index contributed by atoms with van der Waals surface area (Å²) in [7, 11) is 0. The van der Waals surface area contributed by atoms with Gasteiger partial charge >= 0.3 is 0 Å². The molecule has 0 aromatic heterocycles. The number of imide groups is 1. The van der Waals surface area contributed by atoms with Crippen molar-refractivity contribution in [1.29, 1.82) is 0 Å². The molecule has 0 aliphatic carbocycles. The minimum absolute atomic E-state index is 0.166. The van der Waals surface area contributed by atoms with E-state index in [0.717, 1.165) is 64.3 Å². The molecule has 2 heterocycles. The molecule has 0 N–H and O–H groups in total. The van der Waals surface area contributed by atoms with Crippen LogP contribution >= 0.6 is 0 Å². The van der Waals surface area contributed by atoms with Crippen molar-refractivity contribution in [2.45, 2.75) is 32.2 Å². The Hall–Kier alpha value is -2.70. The standard InChI is InChI=1S/C25H30N2O4/c28-24-22-7-3-4-8-23(22)25(29)27(24)13-5-1-2-6-16-31-21-11-9-20(10-12-21)19-26-14-17-30-18-15-26/h3-4,7-12H,1-2,5-6,13-19H2. The van der Waals surface area contributed by atoms with Crippen molar-refractivity contribution in [2.75, 3.05) is 39.5 Å². The number of hydrogen-bond acceptors (Lipinski definition) is 5. The molecule has 0 atom stereocenters. The van der Waals surface area contributed by atoms with Crippen molar-refractivity contribution < 1.29 is 19.1 Å². The number of fused-ring (bicyclic) bond motifs is 1. The zero-order valence-corrected chi connectivity index (χ0v) is 17.9. The summed E-state index contributed by atoms with van der Waals surface area (Å²) in [4.78, 5) is 28.5. The Kier molecular flexibility index (Phi) is 7.33. The fourth-order valence-electron chi connectivity index (χ4n) is 4.07. The van der Waals surface area contributed by atoms with Crippen LogP contribution in [0.4, 0.5) is 0 Å². The summed E-state index contributed by atoms with van der Waals surface area (Å²) >= 11 is 0. The van der Waals surface area contributed by atoms with Crippen LogP contribution in [-0.4, -0.2) is 61.1 Å². The molecule has 0 bridgehead atoms. The Morgan fingerprint density at radius 1 is 0.806 bits per heavy atom. The molecule has 1 fully saturated rings. The average molecular weight is 423 g/mol. The third-order valence-corrected chi connectivity index (χ3v) is 5.86. The van der Waals surface area contributed by atoms with E-state index >= 15 is 0 Å². The number of morpholine rings is 1. The third kappa shape index (κ3) is 5.51. The highest BCUT2D eigenvalue weighted by atomic mass is 16.5. The van der Waals surface area contributed by atoms with Crippen molar-refractivity contribution in [3.8, 4) is 5.75 Å². The zero-order chi connectivity index (χ0) is 21.5. The number of benzene rings is 2. The van der Waals surface area contributed by atoms with Gasteiger partial charge in [0.25, 0.3) is 11.8 Å². The van der Waals surface area contributed by atoms with Gasteiger partial charge in [0, 0.05) is 26.2 Å². The minimum Gasteiger partial charge on any atom is -0.494 e. The van der Waals surface area contributed by atoms with E-state index in [-0.39, 0.29) is 11.8 Å². The van der Waals surface area contributed by atoms with Gasteiger partial charge in [0.15, 0.2) is 0 Å². The number of hydrogen-bond donors (Lipinski definition) is 0. The van der Waals surface area contributed by atoms with Gasteiger partial charge in [-0.15, -0.1) is 0 Å². The number of rotatable bonds is 10. The second-order valence-electron chi connectivity index (χ2n) is 8.10. The molecule has 2 aliphatic rings. The van der Waals surface area contributed by atoms with E-state index in [9.17, 15) is 9.59 Å². The maximum atomic E-state index is 12.3. The Morgan fingerprint density at radius 2 is 1.45 bits per heavy atom. The van der Waals surface area contributed by atoms with Gasteiger partial charge in [-0.3, -0.25) is 19.4 Å². The van der Waals surface area contributed by atoms with Crippen LogP contribution in [0.3, 0.4) is 0 Å². The van der Waals surface area contributed by atoms with Gasteiger partial charge in [-0.25, -0.2) is 0 Å². The number of carbonyl (C=O) groups is 2. The third-order valence-electron chi connectivity index (χ3n) is 5.86. The van der Waals surface area contributed by atoms with Crippen LogP contribution in [0.5, 0.6) is 5.75 Å². The molecule has 2 amide bonds. The van der Waals surface area contributed by atoms with Gasteiger partial charge in [-0.2, -0.15) is 0 Å². The molecule has 0 saturated carbocycles. The molecule has 0 spiro atoms. The average Bonchev–Trinajstić information content (AvgIpc) is 3.05. The molecule has 31 heavy (non-hydrogen) atoms. The Bertz CT molecular complexity index is 856. The molecule has 1 saturated heterocycles. The number of ether oxygens (including phenoxy) is 2. The number of carbonyl (C=O) groups excluding carboxylic acids is 2. The van der Waals surface area contributed by atoms with Gasteiger partial charge in [-0.05, 0) is 42.7 Å². The quantitative estimate of drug-likeness (QED) is 0.431. The zero-order valence-electron chi connectivity index (χ0n) is 17.9. The van der Waals surface area contributed by atoms with Crippen LogP contribution < -0.4 is 4.74 Å². The predicted octanol–water partition coefficient (Wildman–Crippen LogP) is 3.75. The maximum absolute atomic E-state index is 12.3. The van der Waals surface area contributed by atoms with E-state index in [0.29, 0.717) is 24.3 Å². The minimum atomic E-state index is -0.166. The van der Waals surface area contributed by atoms with Crippen molar-refractivity contribution in [3.63, 3.8) is 0 Å². The molecule has 6 nitrogen and oxygen atoms in total. The molecule has 2 aromatic carbocycles. The first-order chi connectivity index (χ1) is 15.2. The van der Waals surface area contributed by atoms with Crippen LogP contribution in [-0.2, 0) is 11.3 Å². The van der Waals surface area contributed by atoms with Gasteiger partial charge in [0.1, 0.15) is 5.75 Å². The van der Waals surface area contributed by atoms with Crippen molar-refractivity contribution in [3.05, 3.63) is 65.2 Å². The van der Waals surface area contributed by atoms with Crippen LogP contribution in [0.15, 0.2) is 48.5 Å². The number of unbranched alkanes of at least 4 members (excludes halogenated alkanes) is 3. The first kappa shape index (κ1) is 21.5. The molecule has 0 radical (unpaired) electrons. The molecule has 6 heteroatoms. The van der Waals surface area contributed by atoms with Crippen molar-refractivity contribution in [2.24, 2.45) is 0 Å². The molecule has 2 aliphatic heterocycles. The van der Waals surface area contributed by atoms with E-state index in [1.807, 2.05) is 12.1 Å². The van der Waals surface area contributed by atoms with Gasteiger partial charge in [-0.1, -0.05) is 37.1 Å². The molecular weight excluding hydrogens is 392 g/mol. The largest absolute Gasteiger partial charge is 0.494 e. The summed E-state index contributed by atoms with van der Waals surface area (Å²) in [6, 6.07) is 15.4. The molecular formula is C25H30N2O4. The predicted molar refractivity (Wildman–Crippen MR) is 118 cm³/mol. The summed E-state index contributed by atoms with van der Waals surface area (Å²) < 4.78 is 11.2. The van der Waals surface area contributed by atoms with E-state index in [1.165, 1.54) is 10.5 Å². The Balaban J connectivity index is 1.09. The van der Waals surface area contributed by atoms with Crippen LogP contribution in [0, 0.1) is 0 Å². The number of amides is 2. The summed E-state index contributed by atoms with van der Waals surface area (Å²) in [5.41, 5.74) is 2.34. The normalized spacial score (nSPS) is 16.6. The van der Waals surface area contributed by atoms with E-state index in [2.05, 4.69) is 17.0 Å². The lowest BCUT2D eigenvalue weighted by Crippen LogP contribution is -2.35. The number of nitrogens with zero attached hydrogens (tertiary/aromatic N) is 2. The van der Waals surface area contributed by atoms with Crippen LogP contribution in [0.2, 0.25) is 0 Å². The fraction of sp³-hybridized carbons (Fsp3) is 0.440. The van der Waals surface area contributed by atoms with Crippen molar-refractivity contribution in [1.82, 2.24) is 9.80 Å². The first-order valence-electron chi connectivity index (χ1n) is 11.2. The second-order valence-corrected chi connectivity index (χ2v) is 8.10. The van der Waals surface area contributed by atoms with Gasteiger partial charge in [0.05, 0.1) is 30.9 Å². The summed E-state index contributed by atoms with van der Waals surface area (Å²) in [6.45, 7) is 5.74. The molecule has 2 aromatic rings. The fourth-order valence-corrected chi connectivity index (χ4v) is 4.07. The topological polar surface area (TPSA) is 59.1 Å². The van der Waals surface area contributed by atoms with Gasteiger partial charge < -0.3 is 9.47 Å². The van der Waals surface area contributed by atoms with Crippen molar-refractivity contribution >= 4 is 11.8 Å². The lowest BCUT2D eigenvalue weighted by molar-refractivity contribution is 0.0342. The van der Waals surface area contributed by atoms with Gasteiger partial charge in [0.2, 0.25) is 0 Å². The monoisotopic (exact) mass is 422 g/mol. The van der Waals surface area contributed by atoms with Crippen LogP contribution in [0.25, 0.3) is 0 Å². The van der Waals surface area contributed by atoms with E-state index < -0.39 is 0 Å². The molecule has 0 unspecified atom stereocenters. The lowest BCUT2D eigenvalue weighted by Gasteiger charge is -2.26. The maximum Gasteiger partial charge on any atom is 0.261 e. The van der Waals surface area contributed by atoms with Crippen LogP contribution in [0.1, 0.15) is 52.0 Å². The SMILES string of the molecule is O=C1c2ccccc2C(=O)N1CCCCCCOc1ccc(CN2CCOCC2)cc1. The van der Waals surface area contributed by atoms with E-state index in [1.54, 1.807) is 24.3 Å². The highest BCUT2D eigenvalue weighted by Gasteiger charge is 2.34. The Morgan fingerprint density at radius 3 is 2.13 bits per heavy atom. The summed E-state index contributed by atoms with van der Waals surface area (Å²) in [6.07, 6.45) is 3.76. The highest BCUT2D eigenvalue weighted by molar-refractivity contribution is 6.21. The first-order valence-corrected chi connectivity index (χ1v) is 11.2. The summed E-state index contributed by atoms with van der Waals surface area (Å²) in [5, 5.41) is 0. The molecule has 164 valence electrons. The Labute approximate surface area is 183 Å². The van der Waals surface area contributed by atoms with E-state index in [4.69, 9.17) is 9.47 Å². The lowest BCUT2D eigenvalue weighted by atomic mass is 10.1. The summed E-state index contributed by atoms with van der Waals surface area (Å²) in [5.74, 6) is 0.568. The smallest absolute Gasteiger partial charge is 0.261 e. The highest BCUT2D eigenvalue weighted by Crippen LogP contribution is 2.23. The molecule has 4 rings (SSSR count).